The lowest BCUT2D eigenvalue weighted by molar-refractivity contribution is 0.145. The zero-order valence-corrected chi connectivity index (χ0v) is 11.7. The molecule has 5 atom stereocenters. The van der Waals surface area contributed by atoms with Crippen molar-refractivity contribution in [2.45, 2.75) is 51.5 Å². The summed E-state index contributed by atoms with van der Waals surface area (Å²) in [5, 5.41) is 3.52. The van der Waals surface area contributed by atoms with E-state index in [0.717, 1.165) is 24.4 Å². The molecule has 2 saturated carbocycles. The van der Waals surface area contributed by atoms with Crippen molar-refractivity contribution in [3.63, 3.8) is 0 Å². The molecule has 0 spiro atoms. The van der Waals surface area contributed by atoms with Crippen LogP contribution in [-0.2, 0) is 4.74 Å². The van der Waals surface area contributed by atoms with Crippen LogP contribution in [0, 0.1) is 23.7 Å². The molecule has 5 unspecified atom stereocenters. The van der Waals surface area contributed by atoms with Crippen molar-refractivity contribution in [3.05, 3.63) is 0 Å². The van der Waals surface area contributed by atoms with Gasteiger partial charge >= 0.3 is 0 Å². The lowest BCUT2D eigenvalue weighted by Gasteiger charge is -2.28. The smallest absolute Gasteiger partial charge is 0.0488 e. The molecule has 0 aromatic rings. The van der Waals surface area contributed by atoms with Gasteiger partial charge < -0.3 is 10.1 Å². The maximum atomic E-state index is 5.24. The molecular formula is C15H29NO. The lowest BCUT2D eigenvalue weighted by Crippen LogP contribution is -2.32. The van der Waals surface area contributed by atoms with Crippen LogP contribution >= 0.6 is 0 Å². The van der Waals surface area contributed by atoms with Crippen LogP contribution < -0.4 is 5.32 Å². The van der Waals surface area contributed by atoms with E-state index in [1.165, 1.54) is 38.5 Å². The van der Waals surface area contributed by atoms with Crippen LogP contribution in [0.3, 0.4) is 0 Å². The standard InChI is InChI=1S/C15H29NO/c1-11(10-17-3)6-15(16-2)9-14-8-12-4-5-13(14)7-12/h11-16H,4-10H2,1-3H3. The van der Waals surface area contributed by atoms with E-state index in [-0.39, 0.29) is 0 Å². The quantitative estimate of drug-likeness (QED) is 0.737. The van der Waals surface area contributed by atoms with Crippen molar-refractivity contribution in [3.8, 4) is 0 Å². The Morgan fingerprint density at radius 2 is 2.12 bits per heavy atom. The van der Waals surface area contributed by atoms with Crippen LogP contribution in [0.4, 0.5) is 0 Å². The molecule has 100 valence electrons. The Morgan fingerprint density at radius 3 is 2.65 bits per heavy atom. The number of hydrogen-bond donors (Lipinski definition) is 1. The third-order valence-electron chi connectivity index (χ3n) is 5.02. The van der Waals surface area contributed by atoms with Crippen molar-refractivity contribution in [2.24, 2.45) is 23.7 Å². The van der Waals surface area contributed by atoms with Gasteiger partial charge in [0.15, 0.2) is 0 Å². The average molecular weight is 239 g/mol. The summed E-state index contributed by atoms with van der Waals surface area (Å²) in [6.45, 7) is 3.20. The van der Waals surface area contributed by atoms with Crippen LogP contribution in [0.1, 0.15) is 45.4 Å². The molecule has 2 nitrogen and oxygen atoms in total. The SMILES string of the molecule is CNC(CC(C)COC)CC1CC2CCC1C2. The largest absolute Gasteiger partial charge is 0.384 e. The fourth-order valence-corrected chi connectivity index (χ4v) is 4.20. The normalized spacial score (nSPS) is 35.1. The molecule has 0 amide bonds. The van der Waals surface area contributed by atoms with Crippen molar-refractivity contribution < 1.29 is 4.74 Å². The predicted octanol–water partition coefficient (Wildman–Crippen LogP) is 3.07. The Kier molecular flexibility index (Phi) is 4.87. The van der Waals surface area contributed by atoms with Crippen LogP contribution in [0.2, 0.25) is 0 Å². The minimum Gasteiger partial charge on any atom is -0.384 e. The molecule has 0 aromatic carbocycles. The van der Waals surface area contributed by atoms with E-state index in [4.69, 9.17) is 4.74 Å². The minimum atomic E-state index is 0.677. The highest BCUT2D eigenvalue weighted by molar-refractivity contribution is 4.91. The summed E-state index contributed by atoms with van der Waals surface area (Å²) in [6.07, 6.45) is 8.74. The molecular weight excluding hydrogens is 210 g/mol. The van der Waals surface area contributed by atoms with Crippen molar-refractivity contribution in [1.82, 2.24) is 5.32 Å². The second-order valence-electron chi connectivity index (χ2n) is 6.45. The predicted molar refractivity (Wildman–Crippen MR) is 72.1 cm³/mol. The van der Waals surface area contributed by atoms with Gasteiger partial charge in [-0.05, 0) is 62.8 Å². The molecule has 0 aromatic heterocycles. The van der Waals surface area contributed by atoms with E-state index in [0.29, 0.717) is 12.0 Å². The zero-order valence-electron chi connectivity index (χ0n) is 11.7. The fraction of sp³-hybridized carbons (Fsp3) is 1.00. The van der Waals surface area contributed by atoms with Gasteiger partial charge in [-0.15, -0.1) is 0 Å². The minimum absolute atomic E-state index is 0.677. The van der Waals surface area contributed by atoms with Crippen molar-refractivity contribution in [2.75, 3.05) is 20.8 Å². The van der Waals surface area contributed by atoms with Gasteiger partial charge in [0, 0.05) is 19.8 Å². The van der Waals surface area contributed by atoms with Gasteiger partial charge in [-0.25, -0.2) is 0 Å². The Hall–Kier alpha value is -0.0800. The van der Waals surface area contributed by atoms with E-state index >= 15 is 0 Å². The molecule has 2 bridgehead atoms. The van der Waals surface area contributed by atoms with Crippen molar-refractivity contribution >= 4 is 0 Å². The van der Waals surface area contributed by atoms with Gasteiger partial charge in [0.2, 0.25) is 0 Å². The number of nitrogens with one attached hydrogen (secondary N) is 1. The molecule has 17 heavy (non-hydrogen) atoms. The van der Waals surface area contributed by atoms with Gasteiger partial charge in [-0.1, -0.05) is 13.3 Å². The van der Waals surface area contributed by atoms with Gasteiger partial charge in [-0.2, -0.15) is 0 Å². The molecule has 2 rings (SSSR count). The third kappa shape index (κ3) is 3.45. The molecule has 2 aliphatic rings. The molecule has 0 saturated heterocycles. The van der Waals surface area contributed by atoms with Gasteiger partial charge in [0.25, 0.3) is 0 Å². The Balaban J connectivity index is 1.75. The highest BCUT2D eigenvalue weighted by Crippen LogP contribution is 2.50. The fourth-order valence-electron chi connectivity index (χ4n) is 4.20. The van der Waals surface area contributed by atoms with E-state index in [2.05, 4.69) is 19.3 Å². The van der Waals surface area contributed by atoms with Crippen LogP contribution in [0.5, 0.6) is 0 Å². The van der Waals surface area contributed by atoms with E-state index in [1.807, 2.05) is 0 Å². The summed E-state index contributed by atoms with van der Waals surface area (Å²) < 4.78 is 5.24. The van der Waals surface area contributed by atoms with Crippen LogP contribution in [0.15, 0.2) is 0 Å². The Bertz CT molecular complexity index is 231. The average Bonchev–Trinajstić information content (AvgIpc) is 2.90. The van der Waals surface area contributed by atoms with Crippen LogP contribution in [0.25, 0.3) is 0 Å². The monoisotopic (exact) mass is 239 g/mol. The van der Waals surface area contributed by atoms with Gasteiger partial charge in [0.1, 0.15) is 0 Å². The topological polar surface area (TPSA) is 21.3 Å². The highest BCUT2D eigenvalue weighted by atomic mass is 16.5. The Labute approximate surface area is 107 Å². The second kappa shape index (κ2) is 6.19. The number of rotatable bonds is 7. The summed E-state index contributed by atoms with van der Waals surface area (Å²) in [7, 11) is 3.93. The first-order chi connectivity index (χ1) is 8.22. The molecule has 2 aliphatic carbocycles. The lowest BCUT2D eigenvalue weighted by atomic mass is 9.82. The third-order valence-corrected chi connectivity index (χ3v) is 5.02. The summed E-state index contributed by atoms with van der Waals surface area (Å²) in [6, 6.07) is 0.699. The molecule has 2 fully saturated rings. The maximum Gasteiger partial charge on any atom is 0.0488 e. The first-order valence-corrected chi connectivity index (χ1v) is 7.39. The maximum absolute atomic E-state index is 5.24. The number of ether oxygens (including phenoxy) is 1. The van der Waals surface area contributed by atoms with E-state index in [9.17, 15) is 0 Å². The summed E-state index contributed by atoms with van der Waals surface area (Å²) in [4.78, 5) is 0. The Morgan fingerprint density at radius 1 is 1.29 bits per heavy atom. The molecule has 0 heterocycles. The zero-order chi connectivity index (χ0) is 12.3. The number of hydrogen-bond acceptors (Lipinski definition) is 2. The molecule has 2 heteroatoms. The summed E-state index contributed by atoms with van der Waals surface area (Å²) >= 11 is 0. The first kappa shape index (κ1) is 13.4. The molecule has 1 N–H and O–H groups in total. The summed E-state index contributed by atoms with van der Waals surface area (Å²) in [5.74, 6) is 3.84. The number of methoxy groups -OCH3 is 1. The van der Waals surface area contributed by atoms with Gasteiger partial charge in [-0.3, -0.25) is 0 Å². The van der Waals surface area contributed by atoms with Crippen LogP contribution in [-0.4, -0.2) is 26.8 Å². The van der Waals surface area contributed by atoms with E-state index in [1.54, 1.807) is 7.11 Å². The highest BCUT2D eigenvalue weighted by Gasteiger charge is 2.39. The number of fused-ring (bicyclic) bond motifs is 2. The van der Waals surface area contributed by atoms with Crippen molar-refractivity contribution in [1.29, 1.82) is 0 Å². The molecule has 0 radical (unpaired) electrons. The summed E-state index contributed by atoms with van der Waals surface area (Å²) in [5.41, 5.74) is 0. The van der Waals surface area contributed by atoms with Gasteiger partial charge in [0.05, 0.1) is 0 Å². The van der Waals surface area contributed by atoms with E-state index < -0.39 is 0 Å². The molecule has 0 aliphatic heterocycles. The second-order valence-corrected chi connectivity index (χ2v) is 6.45. The first-order valence-electron chi connectivity index (χ1n) is 7.39.